The van der Waals surface area contributed by atoms with Gasteiger partial charge in [0.2, 0.25) is 0 Å². The van der Waals surface area contributed by atoms with E-state index in [2.05, 4.69) is 34.3 Å². The minimum atomic E-state index is 0.413. The highest BCUT2D eigenvalue weighted by atomic mass is 15.2. The van der Waals surface area contributed by atoms with Gasteiger partial charge in [-0.3, -0.25) is 5.10 Å². The van der Waals surface area contributed by atoms with E-state index >= 15 is 0 Å². The molecule has 2 N–H and O–H groups in total. The summed E-state index contributed by atoms with van der Waals surface area (Å²) in [5.41, 5.74) is 0. The molecule has 1 fully saturated rings. The first-order chi connectivity index (χ1) is 6.75. The maximum Gasteiger partial charge on any atom is 0.153 e. The van der Waals surface area contributed by atoms with Crippen LogP contribution in [0.5, 0.6) is 0 Å². The van der Waals surface area contributed by atoms with Gasteiger partial charge in [-0.1, -0.05) is 13.8 Å². The predicted molar refractivity (Wildman–Crippen MR) is 55.2 cm³/mol. The summed E-state index contributed by atoms with van der Waals surface area (Å²) in [6.07, 6.45) is 3.64. The molecule has 1 saturated carbocycles. The van der Waals surface area contributed by atoms with E-state index in [-0.39, 0.29) is 0 Å². The number of aromatic nitrogens is 3. The first kappa shape index (κ1) is 9.65. The van der Waals surface area contributed by atoms with Gasteiger partial charge in [0.25, 0.3) is 0 Å². The van der Waals surface area contributed by atoms with Gasteiger partial charge in [0.15, 0.2) is 5.82 Å². The fraction of sp³-hybridized carbons (Fsp3) is 0.800. The number of hydrogen-bond acceptors (Lipinski definition) is 3. The van der Waals surface area contributed by atoms with E-state index in [0.29, 0.717) is 5.92 Å². The van der Waals surface area contributed by atoms with Gasteiger partial charge in [0.05, 0.1) is 0 Å². The minimum absolute atomic E-state index is 0.413. The zero-order valence-electron chi connectivity index (χ0n) is 8.88. The minimum Gasteiger partial charge on any atom is -0.314 e. The van der Waals surface area contributed by atoms with Crippen LogP contribution in [0.1, 0.15) is 44.3 Å². The zero-order valence-corrected chi connectivity index (χ0v) is 8.88. The second kappa shape index (κ2) is 4.09. The van der Waals surface area contributed by atoms with E-state index in [0.717, 1.165) is 30.7 Å². The van der Waals surface area contributed by atoms with Crippen molar-refractivity contribution in [3.8, 4) is 0 Å². The van der Waals surface area contributed by atoms with E-state index in [1.807, 2.05) is 0 Å². The van der Waals surface area contributed by atoms with E-state index in [4.69, 9.17) is 0 Å². The average molecular weight is 194 g/mol. The molecule has 1 aliphatic rings. The van der Waals surface area contributed by atoms with Crippen molar-refractivity contribution in [2.75, 3.05) is 6.54 Å². The summed E-state index contributed by atoms with van der Waals surface area (Å²) in [6.45, 7) is 5.22. The van der Waals surface area contributed by atoms with Crippen LogP contribution in [-0.2, 0) is 6.42 Å². The molecule has 0 amide bonds. The van der Waals surface area contributed by atoms with Crippen molar-refractivity contribution in [2.45, 2.75) is 45.1 Å². The van der Waals surface area contributed by atoms with Gasteiger partial charge in [0, 0.05) is 24.9 Å². The van der Waals surface area contributed by atoms with Crippen LogP contribution >= 0.6 is 0 Å². The third kappa shape index (κ3) is 2.54. The number of nitrogens with zero attached hydrogens (tertiary/aromatic N) is 2. The van der Waals surface area contributed by atoms with Crippen molar-refractivity contribution >= 4 is 0 Å². The molecular weight excluding hydrogens is 176 g/mol. The summed E-state index contributed by atoms with van der Waals surface area (Å²) >= 11 is 0. The van der Waals surface area contributed by atoms with Gasteiger partial charge >= 0.3 is 0 Å². The lowest BCUT2D eigenvalue weighted by molar-refractivity contribution is 0.667. The van der Waals surface area contributed by atoms with E-state index in [1.54, 1.807) is 0 Å². The molecule has 0 atom stereocenters. The topological polar surface area (TPSA) is 53.6 Å². The Morgan fingerprint density at radius 2 is 2.29 bits per heavy atom. The van der Waals surface area contributed by atoms with Gasteiger partial charge < -0.3 is 5.32 Å². The molecule has 1 heterocycles. The van der Waals surface area contributed by atoms with Crippen LogP contribution in [0, 0.1) is 0 Å². The smallest absolute Gasteiger partial charge is 0.153 e. The van der Waals surface area contributed by atoms with Crippen LogP contribution in [0.15, 0.2) is 0 Å². The largest absolute Gasteiger partial charge is 0.314 e. The Balaban J connectivity index is 1.77. The highest BCUT2D eigenvalue weighted by Gasteiger charge is 2.19. The van der Waals surface area contributed by atoms with Crippen molar-refractivity contribution in [3.63, 3.8) is 0 Å². The SMILES string of the molecule is CC(C)c1n[nH]c(CCNC2CC2)n1. The summed E-state index contributed by atoms with van der Waals surface area (Å²) in [5.74, 6) is 2.34. The first-order valence-electron chi connectivity index (χ1n) is 5.40. The van der Waals surface area contributed by atoms with Crippen LogP contribution in [0.2, 0.25) is 0 Å². The highest BCUT2D eigenvalue weighted by Crippen LogP contribution is 2.18. The van der Waals surface area contributed by atoms with Gasteiger partial charge in [-0.2, -0.15) is 5.10 Å². The zero-order chi connectivity index (χ0) is 9.97. The molecule has 1 aromatic heterocycles. The lowest BCUT2D eigenvalue weighted by Crippen LogP contribution is -2.19. The maximum atomic E-state index is 4.42. The Morgan fingerprint density at radius 1 is 1.50 bits per heavy atom. The normalized spacial score (nSPS) is 16.5. The highest BCUT2D eigenvalue weighted by molar-refractivity contribution is 4.95. The molecule has 0 unspecified atom stereocenters. The number of hydrogen-bond donors (Lipinski definition) is 2. The second-order valence-corrected chi connectivity index (χ2v) is 4.27. The monoisotopic (exact) mass is 194 g/mol. The Morgan fingerprint density at radius 3 is 2.86 bits per heavy atom. The summed E-state index contributed by atoms with van der Waals surface area (Å²) in [7, 11) is 0. The fourth-order valence-electron chi connectivity index (χ4n) is 1.36. The van der Waals surface area contributed by atoms with E-state index in [1.165, 1.54) is 12.8 Å². The lowest BCUT2D eigenvalue weighted by atomic mass is 10.2. The third-order valence-electron chi connectivity index (χ3n) is 2.44. The molecule has 0 spiro atoms. The van der Waals surface area contributed by atoms with Crippen molar-refractivity contribution in [1.82, 2.24) is 20.5 Å². The molecule has 2 rings (SSSR count). The number of aromatic amines is 1. The predicted octanol–water partition coefficient (Wildman–Crippen LogP) is 1.22. The summed E-state index contributed by atoms with van der Waals surface area (Å²) in [6, 6.07) is 0.780. The number of nitrogens with one attached hydrogen (secondary N) is 2. The molecular formula is C10H18N4. The van der Waals surface area contributed by atoms with Gasteiger partial charge in [-0.15, -0.1) is 0 Å². The third-order valence-corrected chi connectivity index (χ3v) is 2.44. The molecule has 0 aliphatic heterocycles. The molecule has 0 saturated heterocycles. The Bertz CT molecular complexity index is 288. The maximum absolute atomic E-state index is 4.42. The van der Waals surface area contributed by atoms with Crippen LogP contribution in [0.3, 0.4) is 0 Å². The standard InChI is InChI=1S/C10H18N4/c1-7(2)10-12-9(13-14-10)5-6-11-8-3-4-8/h7-8,11H,3-6H2,1-2H3,(H,12,13,14). The summed E-state index contributed by atoms with van der Waals surface area (Å²) in [4.78, 5) is 4.42. The van der Waals surface area contributed by atoms with Crippen LogP contribution in [-0.4, -0.2) is 27.8 Å². The molecule has 4 nitrogen and oxygen atoms in total. The lowest BCUT2D eigenvalue weighted by Gasteiger charge is -1.98. The van der Waals surface area contributed by atoms with Crippen molar-refractivity contribution < 1.29 is 0 Å². The molecule has 0 radical (unpaired) electrons. The van der Waals surface area contributed by atoms with Gasteiger partial charge in [-0.25, -0.2) is 4.98 Å². The number of H-pyrrole nitrogens is 1. The summed E-state index contributed by atoms with van der Waals surface area (Å²) < 4.78 is 0. The van der Waals surface area contributed by atoms with Gasteiger partial charge in [0.1, 0.15) is 5.82 Å². The molecule has 1 aromatic rings. The van der Waals surface area contributed by atoms with Gasteiger partial charge in [-0.05, 0) is 12.8 Å². The number of rotatable bonds is 5. The quantitative estimate of drug-likeness (QED) is 0.741. The Hall–Kier alpha value is -0.900. The Kier molecular flexibility index (Phi) is 2.82. The molecule has 0 aromatic carbocycles. The molecule has 0 bridgehead atoms. The molecule has 4 heteroatoms. The van der Waals surface area contributed by atoms with Crippen LogP contribution < -0.4 is 5.32 Å². The molecule has 78 valence electrons. The van der Waals surface area contributed by atoms with Crippen molar-refractivity contribution in [3.05, 3.63) is 11.6 Å². The summed E-state index contributed by atoms with van der Waals surface area (Å²) in [5, 5.41) is 10.6. The van der Waals surface area contributed by atoms with E-state index in [9.17, 15) is 0 Å². The molecule has 1 aliphatic carbocycles. The Labute approximate surface area is 84.5 Å². The second-order valence-electron chi connectivity index (χ2n) is 4.27. The first-order valence-corrected chi connectivity index (χ1v) is 5.40. The van der Waals surface area contributed by atoms with Crippen LogP contribution in [0.25, 0.3) is 0 Å². The fourth-order valence-corrected chi connectivity index (χ4v) is 1.36. The van der Waals surface area contributed by atoms with Crippen molar-refractivity contribution in [2.24, 2.45) is 0 Å². The van der Waals surface area contributed by atoms with Crippen LogP contribution in [0.4, 0.5) is 0 Å². The van der Waals surface area contributed by atoms with Crippen molar-refractivity contribution in [1.29, 1.82) is 0 Å². The van der Waals surface area contributed by atoms with E-state index < -0.39 is 0 Å². The average Bonchev–Trinajstić information content (AvgIpc) is 2.82. The molecule has 14 heavy (non-hydrogen) atoms.